The average Bonchev–Trinajstić information content (AvgIpc) is 3.27. The third-order valence-electron chi connectivity index (χ3n) is 4.15. The topological polar surface area (TPSA) is 106 Å². The van der Waals surface area contributed by atoms with Gasteiger partial charge in [-0.25, -0.2) is 9.18 Å². The van der Waals surface area contributed by atoms with Gasteiger partial charge in [0.1, 0.15) is 17.6 Å². The van der Waals surface area contributed by atoms with Crippen molar-refractivity contribution in [1.82, 2.24) is 25.2 Å². The predicted octanol–water partition coefficient (Wildman–Crippen LogP) is 1.40. The van der Waals surface area contributed by atoms with E-state index >= 15 is 0 Å². The van der Waals surface area contributed by atoms with Gasteiger partial charge in [0.05, 0.1) is 25.9 Å². The van der Waals surface area contributed by atoms with Crippen LogP contribution in [0.4, 0.5) is 14.9 Å². The number of hydrogen-bond acceptors (Lipinski definition) is 7. The minimum atomic E-state index is -0.608. The summed E-state index contributed by atoms with van der Waals surface area (Å²) >= 11 is 0. The Hall–Kier alpha value is -3.40. The number of aromatic nitrogens is 5. The molecule has 3 heterocycles. The SMILES string of the molecule is Cn1nnc(-c2ccc(-c3ccc(N4CC(CO)OC4=O)cc3F)cn2)n1. The van der Waals surface area contributed by atoms with Crippen LogP contribution in [-0.2, 0) is 11.8 Å². The summed E-state index contributed by atoms with van der Waals surface area (Å²) in [5.41, 5.74) is 1.81. The Balaban J connectivity index is 1.58. The number of tetrazole rings is 1. The van der Waals surface area contributed by atoms with Gasteiger partial charge in [-0.2, -0.15) is 4.80 Å². The Labute approximate surface area is 153 Å². The monoisotopic (exact) mass is 370 g/mol. The number of anilines is 1. The molecule has 0 aliphatic carbocycles. The minimum absolute atomic E-state index is 0.176. The number of pyridine rings is 1. The summed E-state index contributed by atoms with van der Waals surface area (Å²) in [5.74, 6) is -0.120. The lowest BCUT2D eigenvalue weighted by Gasteiger charge is -2.14. The zero-order valence-corrected chi connectivity index (χ0v) is 14.3. The average molecular weight is 370 g/mol. The van der Waals surface area contributed by atoms with Crippen molar-refractivity contribution in [3.05, 3.63) is 42.3 Å². The van der Waals surface area contributed by atoms with E-state index < -0.39 is 18.0 Å². The molecule has 1 aromatic carbocycles. The Kier molecular flexibility index (Phi) is 4.24. The second-order valence-corrected chi connectivity index (χ2v) is 6.00. The van der Waals surface area contributed by atoms with Crippen LogP contribution in [-0.4, -0.2) is 55.6 Å². The number of halogens is 1. The van der Waals surface area contributed by atoms with Crippen molar-refractivity contribution in [2.75, 3.05) is 18.1 Å². The lowest BCUT2D eigenvalue weighted by molar-refractivity contribution is 0.0963. The van der Waals surface area contributed by atoms with Gasteiger partial charge in [0.25, 0.3) is 0 Å². The first kappa shape index (κ1) is 17.0. The molecule has 4 rings (SSSR count). The van der Waals surface area contributed by atoms with Gasteiger partial charge in [-0.15, -0.1) is 10.2 Å². The number of carbonyl (C=O) groups is 1. The molecule has 1 amide bonds. The van der Waals surface area contributed by atoms with Crippen LogP contribution in [0.2, 0.25) is 0 Å². The van der Waals surface area contributed by atoms with Crippen LogP contribution < -0.4 is 4.90 Å². The van der Waals surface area contributed by atoms with Crippen LogP contribution in [0.15, 0.2) is 36.5 Å². The second kappa shape index (κ2) is 6.72. The summed E-state index contributed by atoms with van der Waals surface area (Å²) in [4.78, 5) is 18.7. The van der Waals surface area contributed by atoms with Gasteiger partial charge in [-0.05, 0) is 29.5 Å². The molecule has 0 saturated carbocycles. The van der Waals surface area contributed by atoms with Gasteiger partial charge in [0.2, 0.25) is 5.82 Å². The van der Waals surface area contributed by atoms with Crippen LogP contribution in [0.3, 0.4) is 0 Å². The molecule has 3 aromatic rings. The molecule has 1 atom stereocenters. The van der Waals surface area contributed by atoms with Crippen molar-refractivity contribution in [2.24, 2.45) is 7.05 Å². The number of rotatable bonds is 4. The number of aliphatic hydroxyl groups is 1. The van der Waals surface area contributed by atoms with E-state index in [0.29, 0.717) is 28.3 Å². The number of aliphatic hydroxyl groups excluding tert-OH is 1. The zero-order chi connectivity index (χ0) is 19.0. The van der Waals surface area contributed by atoms with E-state index in [1.54, 1.807) is 31.3 Å². The van der Waals surface area contributed by atoms with E-state index in [1.807, 2.05) is 0 Å². The van der Waals surface area contributed by atoms with Gasteiger partial charge in [0.15, 0.2) is 0 Å². The highest BCUT2D eigenvalue weighted by Crippen LogP contribution is 2.29. The van der Waals surface area contributed by atoms with Crippen molar-refractivity contribution >= 4 is 11.8 Å². The quantitative estimate of drug-likeness (QED) is 0.740. The van der Waals surface area contributed by atoms with Crippen LogP contribution in [0.1, 0.15) is 0 Å². The smallest absolute Gasteiger partial charge is 0.414 e. The van der Waals surface area contributed by atoms with E-state index in [2.05, 4.69) is 20.4 Å². The van der Waals surface area contributed by atoms with Crippen LogP contribution in [0, 0.1) is 5.82 Å². The van der Waals surface area contributed by atoms with E-state index in [9.17, 15) is 9.18 Å². The summed E-state index contributed by atoms with van der Waals surface area (Å²) in [6.45, 7) is -0.100. The summed E-state index contributed by atoms with van der Waals surface area (Å²) in [5, 5.41) is 20.8. The fourth-order valence-corrected chi connectivity index (χ4v) is 2.81. The van der Waals surface area contributed by atoms with E-state index in [-0.39, 0.29) is 13.2 Å². The Bertz CT molecular complexity index is 991. The zero-order valence-electron chi connectivity index (χ0n) is 14.3. The largest absolute Gasteiger partial charge is 0.441 e. The van der Waals surface area contributed by atoms with Crippen molar-refractivity contribution in [2.45, 2.75) is 6.10 Å². The molecule has 0 spiro atoms. The van der Waals surface area contributed by atoms with Crippen LogP contribution in [0.25, 0.3) is 22.6 Å². The summed E-state index contributed by atoms with van der Waals surface area (Å²) < 4.78 is 19.6. The van der Waals surface area contributed by atoms with E-state index in [4.69, 9.17) is 9.84 Å². The molecule has 2 aromatic heterocycles. The highest BCUT2D eigenvalue weighted by Gasteiger charge is 2.32. The maximum atomic E-state index is 14.6. The highest BCUT2D eigenvalue weighted by molar-refractivity contribution is 5.90. The summed E-state index contributed by atoms with van der Waals surface area (Å²) in [6.07, 6.45) is 0.311. The van der Waals surface area contributed by atoms with Crippen LogP contribution in [0.5, 0.6) is 0 Å². The first-order chi connectivity index (χ1) is 13.0. The standard InChI is InChI=1S/C17H15FN6O3/c1-23-21-16(20-22-23)15-5-2-10(7-19-15)13-4-3-11(6-14(13)18)24-8-12(9-25)27-17(24)26/h2-7,12,25H,8-9H2,1H3. The molecule has 27 heavy (non-hydrogen) atoms. The molecule has 0 bridgehead atoms. The lowest BCUT2D eigenvalue weighted by atomic mass is 10.1. The number of cyclic esters (lactones) is 1. The third-order valence-corrected chi connectivity index (χ3v) is 4.15. The molecule has 1 saturated heterocycles. The minimum Gasteiger partial charge on any atom is -0.441 e. The number of nitrogens with zero attached hydrogens (tertiary/aromatic N) is 6. The molecular weight excluding hydrogens is 355 g/mol. The van der Waals surface area contributed by atoms with Crippen molar-refractivity contribution < 1.29 is 19.0 Å². The van der Waals surface area contributed by atoms with Gasteiger partial charge in [-0.1, -0.05) is 6.07 Å². The molecule has 1 fully saturated rings. The highest BCUT2D eigenvalue weighted by atomic mass is 19.1. The number of benzene rings is 1. The molecule has 1 unspecified atom stereocenters. The molecule has 1 aliphatic rings. The molecule has 1 N–H and O–H groups in total. The van der Waals surface area contributed by atoms with Gasteiger partial charge in [-0.3, -0.25) is 9.88 Å². The van der Waals surface area contributed by atoms with Gasteiger partial charge >= 0.3 is 6.09 Å². The normalized spacial score (nSPS) is 16.6. The summed E-state index contributed by atoms with van der Waals surface area (Å²) in [7, 11) is 1.65. The fraction of sp³-hybridized carbons (Fsp3) is 0.235. The second-order valence-electron chi connectivity index (χ2n) is 6.00. The number of aryl methyl sites for hydroxylation is 1. The number of amides is 1. The lowest BCUT2D eigenvalue weighted by Crippen LogP contribution is -2.25. The number of carbonyl (C=O) groups excluding carboxylic acids is 1. The maximum absolute atomic E-state index is 14.6. The molecule has 10 heteroatoms. The molecule has 9 nitrogen and oxygen atoms in total. The van der Waals surface area contributed by atoms with Gasteiger partial charge in [0, 0.05) is 17.3 Å². The van der Waals surface area contributed by atoms with E-state index in [1.165, 1.54) is 22.0 Å². The van der Waals surface area contributed by atoms with Crippen molar-refractivity contribution in [3.8, 4) is 22.6 Å². The van der Waals surface area contributed by atoms with Crippen LogP contribution >= 0.6 is 0 Å². The third kappa shape index (κ3) is 3.22. The fourth-order valence-electron chi connectivity index (χ4n) is 2.81. The van der Waals surface area contributed by atoms with Gasteiger partial charge < -0.3 is 9.84 Å². The maximum Gasteiger partial charge on any atom is 0.414 e. The number of ether oxygens (including phenoxy) is 1. The first-order valence-electron chi connectivity index (χ1n) is 8.14. The summed E-state index contributed by atoms with van der Waals surface area (Å²) in [6, 6.07) is 7.85. The van der Waals surface area contributed by atoms with Crippen molar-refractivity contribution in [1.29, 1.82) is 0 Å². The first-order valence-corrected chi connectivity index (χ1v) is 8.14. The Morgan fingerprint density at radius 1 is 1.33 bits per heavy atom. The predicted molar refractivity (Wildman–Crippen MR) is 92.1 cm³/mol. The Morgan fingerprint density at radius 3 is 2.78 bits per heavy atom. The number of hydrogen-bond donors (Lipinski definition) is 1. The van der Waals surface area contributed by atoms with E-state index in [0.717, 1.165) is 0 Å². The molecule has 0 radical (unpaired) electrons. The Morgan fingerprint density at radius 2 is 2.19 bits per heavy atom. The molecule has 1 aliphatic heterocycles. The molecule has 138 valence electrons. The van der Waals surface area contributed by atoms with Crippen molar-refractivity contribution in [3.63, 3.8) is 0 Å². The molecular formula is C17H15FN6O3.